The third-order valence-electron chi connectivity index (χ3n) is 5.13. The molecule has 3 aromatic rings. The van der Waals surface area contributed by atoms with Crippen molar-refractivity contribution in [2.45, 2.75) is 33.1 Å². The molecule has 3 rings (SSSR count). The van der Waals surface area contributed by atoms with Crippen LogP contribution in [-0.4, -0.2) is 26.7 Å². The number of benzene rings is 2. The van der Waals surface area contributed by atoms with Gasteiger partial charge >= 0.3 is 5.97 Å². The van der Waals surface area contributed by atoms with Crippen molar-refractivity contribution in [1.29, 1.82) is 0 Å². The highest BCUT2D eigenvalue weighted by molar-refractivity contribution is 6.05. The molecule has 2 N–H and O–H groups in total. The molecule has 0 bridgehead atoms. The highest BCUT2D eigenvalue weighted by Crippen LogP contribution is 2.40. The van der Waals surface area contributed by atoms with Crippen LogP contribution in [0.3, 0.4) is 0 Å². The zero-order valence-electron chi connectivity index (χ0n) is 16.8. The Kier molecular flexibility index (Phi) is 5.80. The molecular formula is C22H19F4NO4. The summed E-state index contributed by atoms with van der Waals surface area (Å²) in [6, 6.07) is 3.08. The van der Waals surface area contributed by atoms with Crippen molar-refractivity contribution in [3.63, 3.8) is 0 Å². The Balaban J connectivity index is 2.39. The number of aromatic hydroxyl groups is 1. The van der Waals surface area contributed by atoms with E-state index in [2.05, 4.69) is 0 Å². The molecule has 1 aromatic heterocycles. The van der Waals surface area contributed by atoms with E-state index in [4.69, 9.17) is 0 Å². The van der Waals surface area contributed by atoms with Gasteiger partial charge in [0.15, 0.2) is 29.0 Å². The Morgan fingerprint density at radius 1 is 1.03 bits per heavy atom. The predicted octanol–water partition coefficient (Wildman–Crippen LogP) is 5.11. The average molecular weight is 437 g/mol. The van der Waals surface area contributed by atoms with E-state index in [-0.39, 0.29) is 34.7 Å². The summed E-state index contributed by atoms with van der Waals surface area (Å²) in [5, 5.41) is 19.1. The monoisotopic (exact) mass is 437 g/mol. The highest BCUT2D eigenvalue weighted by Gasteiger charge is 2.33. The lowest BCUT2D eigenvalue weighted by molar-refractivity contribution is -0.139. The summed E-state index contributed by atoms with van der Waals surface area (Å²) in [4.78, 5) is 25.1. The lowest BCUT2D eigenvalue weighted by atomic mass is 9.88. The van der Waals surface area contributed by atoms with Gasteiger partial charge in [-0.1, -0.05) is 13.8 Å². The van der Waals surface area contributed by atoms with E-state index in [9.17, 15) is 37.4 Å². The van der Waals surface area contributed by atoms with Crippen molar-refractivity contribution in [3.8, 4) is 5.75 Å². The maximum absolute atomic E-state index is 14.9. The summed E-state index contributed by atoms with van der Waals surface area (Å²) in [6.45, 7) is 4.85. The number of carboxylic acids is 1. The summed E-state index contributed by atoms with van der Waals surface area (Å²) in [7, 11) is 0. The Hall–Kier alpha value is -3.36. The maximum atomic E-state index is 14.9. The molecular weight excluding hydrogens is 418 g/mol. The van der Waals surface area contributed by atoms with E-state index in [1.807, 2.05) is 0 Å². The Bertz CT molecular complexity index is 1220. The first-order valence-corrected chi connectivity index (χ1v) is 9.40. The van der Waals surface area contributed by atoms with Crippen LogP contribution in [0.4, 0.5) is 17.6 Å². The molecule has 0 saturated carbocycles. The molecule has 1 heterocycles. The van der Waals surface area contributed by atoms with E-state index in [0.717, 1.165) is 16.7 Å². The lowest BCUT2D eigenvalue weighted by Gasteiger charge is -2.16. The van der Waals surface area contributed by atoms with Crippen LogP contribution in [0, 0.1) is 36.1 Å². The van der Waals surface area contributed by atoms with E-state index >= 15 is 0 Å². The number of carbonyl (C=O) groups excluding carboxylic acids is 1. The Morgan fingerprint density at radius 2 is 1.68 bits per heavy atom. The molecule has 0 aliphatic carbocycles. The largest absolute Gasteiger partial charge is 0.503 e. The molecule has 0 saturated heterocycles. The van der Waals surface area contributed by atoms with Crippen molar-refractivity contribution in [1.82, 2.24) is 4.57 Å². The van der Waals surface area contributed by atoms with Crippen LogP contribution in [0.5, 0.6) is 5.75 Å². The van der Waals surface area contributed by atoms with Crippen LogP contribution < -0.4 is 0 Å². The topological polar surface area (TPSA) is 79.5 Å². The van der Waals surface area contributed by atoms with E-state index in [1.165, 1.54) is 6.92 Å². The van der Waals surface area contributed by atoms with Crippen molar-refractivity contribution in [2.24, 2.45) is 5.92 Å². The second-order valence-electron chi connectivity index (χ2n) is 7.70. The van der Waals surface area contributed by atoms with Gasteiger partial charge in [0, 0.05) is 22.7 Å². The smallest absolute Gasteiger partial charge is 0.311 e. The van der Waals surface area contributed by atoms with Crippen molar-refractivity contribution < 1.29 is 37.4 Å². The summed E-state index contributed by atoms with van der Waals surface area (Å²) in [5.41, 5.74) is -0.748. The molecule has 164 valence electrons. The van der Waals surface area contributed by atoms with Crippen LogP contribution in [0.1, 0.15) is 47.8 Å². The van der Waals surface area contributed by atoms with Gasteiger partial charge in [-0.2, -0.15) is 0 Å². The fourth-order valence-electron chi connectivity index (χ4n) is 3.77. The summed E-state index contributed by atoms with van der Waals surface area (Å²) < 4.78 is 56.9. The van der Waals surface area contributed by atoms with Crippen LogP contribution >= 0.6 is 0 Å². The van der Waals surface area contributed by atoms with E-state index in [1.54, 1.807) is 13.8 Å². The quantitative estimate of drug-likeness (QED) is 0.544. The third-order valence-corrected chi connectivity index (χ3v) is 5.13. The minimum atomic E-state index is -1.40. The average Bonchev–Trinajstić information content (AvgIpc) is 2.97. The zero-order valence-corrected chi connectivity index (χ0v) is 16.8. The number of nitrogens with zero attached hydrogens (tertiary/aromatic N) is 1. The molecule has 0 spiro atoms. The second-order valence-corrected chi connectivity index (χ2v) is 7.70. The number of aliphatic carboxylic acids is 1. The molecule has 0 fully saturated rings. The van der Waals surface area contributed by atoms with Crippen LogP contribution in [0.15, 0.2) is 24.3 Å². The van der Waals surface area contributed by atoms with E-state index in [0.29, 0.717) is 12.1 Å². The molecule has 5 nitrogen and oxygen atoms in total. The standard InChI is InChI=1S/C22H19F4NO4/c1-9(2)6-12(22(30)31)17-10(3)27(16-8-15(25)20(28)19(26)18(16)17)21(29)11-4-5-13(23)14(24)7-11/h4-5,7-9,12,28H,6H2,1-3H3,(H,30,31). The van der Waals surface area contributed by atoms with Gasteiger partial charge in [-0.3, -0.25) is 14.2 Å². The van der Waals surface area contributed by atoms with Gasteiger partial charge in [-0.05, 0) is 43.0 Å². The first-order chi connectivity index (χ1) is 14.5. The normalized spacial score (nSPS) is 12.5. The summed E-state index contributed by atoms with van der Waals surface area (Å²) in [5.74, 6) is -10.2. The minimum absolute atomic E-state index is 0.0123. The molecule has 9 heteroatoms. The molecule has 1 atom stereocenters. The van der Waals surface area contributed by atoms with Gasteiger partial charge in [0.2, 0.25) is 0 Å². The van der Waals surface area contributed by atoms with Crippen molar-refractivity contribution in [3.05, 3.63) is 64.4 Å². The SMILES string of the molecule is Cc1c(C(CC(C)C)C(=O)O)c2c(F)c(O)c(F)cc2n1C(=O)c1ccc(F)c(F)c1. The number of carboxylic acid groups (broad SMARTS) is 1. The number of halogens is 4. The predicted molar refractivity (Wildman–Crippen MR) is 104 cm³/mol. The van der Waals surface area contributed by atoms with Gasteiger partial charge in [0.1, 0.15) is 0 Å². The number of phenolic OH excluding ortho intramolecular Hbond substituents is 1. The molecule has 31 heavy (non-hydrogen) atoms. The number of rotatable bonds is 5. The molecule has 2 aromatic carbocycles. The van der Waals surface area contributed by atoms with Crippen LogP contribution in [-0.2, 0) is 4.79 Å². The van der Waals surface area contributed by atoms with Gasteiger partial charge in [-0.25, -0.2) is 17.6 Å². The number of hydrogen-bond acceptors (Lipinski definition) is 3. The minimum Gasteiger partial charge on any atom is -0.503 e. The number of aromatic nitrogens is 1. The molecule has 1 unspecified atom stereocenters. The van der Waals surface area contributed by atoms with Gasteiger partial charge in [-0.15, -0.1) is 0 Å². The van der Waals surface area contributed by atoms with Crippen molar-refractivity contribution >= 4 is 22.8 Å². The fourth-order valence-corrected chi connectivity index (χ4v) is 3.77. The molecule has 0 aliphatic heterocycles. The number of hydrogen-bond donors (Lipinski definition) is 2. The van der Waals surface area contributed by atoms with E-state index < -0.39 is 52.2 Å². The van der Waals surface area contributed by atoms with Gasteiger partial charge in [0.25, 0.3) is 5.91 Å². The fraction of sp³-hybridized carbons (Fsp3) is 0.273. The summed E-state index contributed by atoms with van der Waals surface area (Å²) in [6.07, 6.45) is 0.0756. The van der Waals surface area contributed by atoms with Crippen LogP contribution in [0.25, 0.3) is 10.9 Å². The number of phenols is 1. The highest BCUT2D eigenvalue weighted by atomic mass is 19.2. The van der Waals surface area contributed by atoms with Gasteiger partial charge < -0.3 is 10.2 Å². The number of fused-ring (bicyclic) bond motifs is 1. The Morgan fingerprint density at radius 3 is 2.23 bits per heavy atom. The molecule has 0 radical (unpaired) electrons. The van der Waals surface area contributed by atoms with Gasteiger partial charge in [0.05, 0.1) is 11.4 Å². The van der Waals surface area contributed by atoms with Crippen molar-refractivity contribution in [2.75, 3.05) is 0 Å². The molecule has 0 aliphatic rings. The second kappa shape index (κ2) is 8.05. The number of carbonyl (C=O) groups is 2. The first kappa shape index (κ1) is 22.3. The third kappa shape index (κ3) is 3.75. The molecule has 0 amide bonds. The van der Waals surface area contributed by atoms with Crippen LogP contribution in [0.2, 0.25) is 0 Å². The Labute approximate surface area is 174 Å². The lowest BCUT2D eigenvalue weighted by Crippen LogP contribution is -2.17. The first-order valence-electron chi connectivity index (χ1n) is 9.40. The zero-order chi connectivity index (χ0) is 23.2. The maximum Gasteiger partial charge on any atom is 0.311 e. The summed E-state index contributed by atoms with van der Waals surface area (Å²) >= 11 is 0.